The molecule has 86 valence electrons. The molecule has 5 heteroatoms. The first-order chi connectivity index (χ1) is 7.61. The van der Waals surface area contributed by atoms with Crippen LogP contribution in [0.3, 0.4) is 0 Å². The van der Waals surface area contributed by atoms with E-state index in [0.717, 1.165) is 5.56 Å². The molecule has 0 radical (unpaired) electrons. The minimum absolute atomic E-state index is 0.379. The molecular formula is C11H14N2O3. The number of amides is 1. The van der Waals surface area contributed by atoms with E-state index < -0.39 is 17.9 Å². The van der Waals surface area contributed by atoms with Crippen LogP contribution < -0.4 is 11.1 Å². The van der Waals surface area contributed by atoms with Gasteiger partial charge in [-0.2, -0.15) is 0 Å². The van der Waals surface area contributed by atoms with Gasteiger partial charge >= 0.3 is 5.97 Å². The molecule has 5 nitrogen and oxygen atoms in total. The Labute approximate surface area is 93.3 Å². The van der Waals surface area contributed by atoms with E-state index in [-0.39, 0.29) is 0 Å². The molecule has 16 heavy (non-hydrogen) atoms. The number of nitrogens with one attached hydrogen (secondary N) is 1. The van der Waals surface area contributed by atoms with Crippen molar-refractivity contribution in [3.8, 4) is 0 Å². The van der Waals surface area contributed by atoms with Gasteiger partial charge in [0.2, 0.25) is 5.91 Å². The van der Waals surface area contributed by atoms with E-state index in [9.17, 15) is 9.59 Å². The van der Waals surface area contributed by atoms with Crippen molar-refractivity contribution in [1.82, 2.24) is 5.32 Å². The lowest BCUT2D eigenvalue weighted by Crippen LogP contribution is -2.46. The zero-order chi connectivity index (χ0) is 12.0. The van der Waals surface area contributed by atoms with Crippen LogP contribution in [0, 0.1) is 0 Å². The van der Waals surface area contributed by atoms with E-state index in [0.29, 0.717) is 13.0 Å². The van der Waals surface area contributed by atoms with Gasteiger partial charge in [0.05, 0.1) is 0 Å². The van der Waals surface area contributed by atoms with Crippen molar-refractivity contribution in [3.63, 3.8) is 0 Å². The van der Waals surface area contributed by atoms with E-state index in [2.05, 4.69) is 5.32 Å². The first-order valence-electron chi connectivity index (χ1n) is 4.91. The number of carboxylic acids is 1. The molecule has 1 unspecified atom stereocenters. The van der Waals surface area contributed by atoms with Gasteiger partial charge in [-0.05, 0) is 12.0 Å². The van der Waals surface area contributed by atoms with Crippen molar-refractivity contribution in [3.05, 3.63) is 35.9 Å². The molecule has 1 amide bonds. The third-order valence-electron chi connectivity index (χ3n) is 2.10. The van der Waals surface area contributed by atoms with Crippen molar-refractivity contribution < 1.29 is 14.7 Å². The lowest BCUT2D eigenvalue weighted by Gasteiger charge is -2.07. The Morgan fingerprint density at radius 1 is 1.31 bits per heavy atom. The number of hydrogen-bond acceptors (Lipinski definition) is 3. The Hall–Kier alpha value is -1.88. The molecule has 0 bridgehead atoms. The first kappa shape index (κ1) is 12.2. The van der Waals surface area contributed by atoms with Crippen LogP contribution in [0.1, 0.15) is 5.56 Å². The summed E-state index contributed by atoms with van der Waals surface area (Å²) in [5.41, 5.74) is 6.20. The number of hydrogen-bond donors (Lipinski definition) is 3. The number of aliphatic carboxylic acids is 1. The summed E-state index contributed by atoms with van der Waals surface area (Å²) in [5.74, 6) is -1.99. The maximum atomic E-state index is 11.2. The van der Waals surface area contributed by atoms with Crippen LogP contribution in [-0.2, 0) is 16.0 Å². The van der Waals surface area contributed by atoms with Crippen LogP contribution in [0.25, 0.3) is 0 Å². The molecule has 0 spiro atoms. The second kappa shape index (κ2) is 5.87. The molecule has 1 aromatic rings. The summed E-state index contributed by atoms with van der Waals surface area (Å²) in [6.45, 7) is 0.379. The summed E-state index contributed by atoms with van der Waals surface area (Å²) in [5, 5.41) is 11.0. The topological polar surface area (TPSA) is 92.4 Å². The highest BCUT2D eigenvalue weighted by molar-refractivity contribution is 6.00. The minimum atomic E-state index is -1.49. The molecule has 0 fully saturated rings. The van der Waals surface area contributed by atoms with Gasteiger partial charge in [0.15, 0.2) is 6.04 Å². The fourth-order valence-corrected chi connectivity index (χ4v) is 1.20. The molecule has 1 atom stereocenters. The quantitative estimate of drug-likeness (QED) is 0.599. The fraction of sp³-hybridized carbons (Fsp3) is 0.273. The molecule has 0 aromatic heterocycles. The van der Waals surface area contributed by atoms with E-state index in [1.807, 2.05) is 30.3 Å². The Morgan fingerprint density at radius 2 is 1.94 bits per heavy atom. The van der Waals surface area contributed by atoms with E-state index in [1.165, 1.54) is 0 Å². The van der Waals surface area contributed by atoms with E-state index >= 15 is 0 Å². The lowest BCUT2D eigenvalue weighted by molar-refractivity contribution is -0.142. The smallest absolute Gasteiger partial charge is 0.330 e. The predicted octanol–water partition coefficient (Wildman–Crippen LogP) is -0.243. The Bertz CT molecular complexity index is 365. The zero-order valence-electron chi connectivity index (χ0n) is 8.72. The summed E-state index contributed by atoms with van der Waals surface area (Å²) in [6, 6.07) is 8.09. The van der Waals surface area contributed by atoms with E-state index in [1.54, 1.807) is 0 Å². The van der Waals surface area contributed by atoms with Crippen molar-refractivity contribution >= 4 is 11.9 Å². The SMILES string of the molecule is NC(C(=O)O)C(=O)NCCc1ccccc1. The van der Waals surface area contributed by atoms with Crippen LogP contribution >= 0.6 is 0 Å². The maximum absolute atomic E-state index is 11.2. The predicted molar refractivity (Wildman–Crippen MR) is 58.8 cm³/mol. The molecule has 0 aliphatic heterocycles. The third kappa shape index (κ3) is 3.70. The van der Waals surface area contributed by atoms with Gasteiger partial charge in [-0.3, -0.25) is 4.79 Å². The number of rotatable bonds is 5. The number of carbonyl (C=O) groups excluding carboxylic acids is 1. The fourth-order valence-electron chi connectivity index (χ4n) is 1.20. The molecule has 4 N–H and O–H groups in total. The summed E-state index contributed by atoms with van der Waals surface area (Å²) in [7, 11) is 0. The lowest BCUT2D eigenvalue weighted by atomic mass is 10.1. The second-order valence-electron chi connectivity index (χ2n) is 3.34. The minimum Gasteiger partial charge on any atom is -0.480 e. The highest BCUT2D eigenvalue weighted by Gasteiger charge is 2.20. The van der Waals surface area contributed by atoms with Crippen molar-refractivity contribution in [1.29, 1.82) is 0 Å². The summed E-state index contributed by atoms with van der Waals surface area (Å²) in [6.07, 6.45) is 0.652. The van der Waals surface area contributed by atoms with Gasteiger partial charge in [0.25, 0.3) is 0 Å². The van der Waals surface area contributed by atoms with Gasteiger partial charge in [-0.15, -0.1) is 0 Å². The Kier molecular flexibility index (Phi) is 4.47. The van der Waals surface area contributed by atoms with Crippen LogP contribution in [0.4, 0.5) is 0 Å². The molecular weight excluding hydrogens is 208 g/mol. The molecule has 1 aromatic carbocycles. The van der Waals surface area contributed by atoms with Crippen molar-refractivity contribution in [2.24, 2.45) is 5.73 Å². The monoisotopic (exact) mass is 222 g/mol. The molecule has 0 aliphatic rings. The molecule has 0 saturated carbocycles. The second-order valence-corrected chi connectivity index (χ2v) is 3.34. The summed E-state index contributed by atoms with van der Waals surface area (Å²) < 4.78 is 0. The standard InChI is InChI=1S/C11H14N2O3/c12-9(11(15)16)10(14)13-7-6-8-4-2-1-3-5-8/h1-5,9H,6-7,12H2,(H,13,14)(H,15,16). The molecule has 1 rings (SSSR count). The highest BCUT2D eigenvalue weighted by atomic mass is 16.4. The van der Waals surface area contributed by atoms with Gasteiger partial charge in [0.1, 0.15) is 0 Å². The Balaban J connectivity index is 2.31. The summed E-state index contributed by atoms with van der Waals surface area (Å²) >= 11 is 0. The Morgan fingerprint density at radius 3 is 2.50 bits per heavy atom. The number of carboxylic acid groups (broad SMARTS) is 1. The van der Waals surface area contributed by atoms with Crippen LogP contribution in [-0.4, -0.2) is 29.6 Å². The number of benzene rings is 1. The van der Waals surface area contributed by atoms with Gasteiger partial charge in [-0.1, -0.05) is 30.3 Å². The number of nitrogens with two attached hydrogens (primary N) is 1. The average molecular weight is 222 g/mol. The average Bonchev–Trinajstić information content (AvgIpc) is 2.29. The van der Waals surface area contributed by atoms with Gasteiger partial charge < -0.3 is 16.2 Å². The summed E-state index contributed by atoms with van der Waals surface area (Å²) in [4.78, 5) is 21.5. The van der Waals surface area contributed by atoms with Crippen molar-refractivity contribution in [2.75, 3.05) is 6.54 Å². The molecule has 0 aliphatic carbocycles. The van der Waals surface area contributed by atoms with Crippen molar-refractivity contribution in [2.45, 2.75) is 12.5 Å². The largest absolute Gasteiger partial charge is 0.480 e. The van der Waals surface area contributed by atoms with Crippen LogP contribution in [0.15, 0.2) is 30.3 Å². The zero-order valence-corrected chi connectivity index (χ0v) is 8.72. The van der Waals surface area contributed by atoms with Crippen LogP contribution in [0.2, 0.25) is 0 Å². The third-order valence-corrected chi connectivity index (χ3v) is 2.10. The maximum Gasteiger partial charge on any atom is 0.330 e. The number of carbonyl (C=O) groups is 2. The normalized spacial score (nSPS) is 11.8. The van der Waals surface area contributed by atoms with Gasteiger partial charge in [0, 0.05) is 6.54 Å². The van der Waals surface area contributed by atoms with E-state index in [4.69, 9.17) is 10.8 Å². The molecule has 0 saturated heterocycles. The molecule has 0 heterocycles. The highest BCUT2D eigenvalue weighted by Crippen LogP contribution is 1.98. The van der Waals surface area contributed by atoms with Gasteiger partial charge in [-0.25, -0.2) is 4.79 Å². The van der Waals surface area contributed by atoms with Crippen LogP contribution in [0.5, 0.6) is 0 Å². The first-order valence-corrected chi connectivity index (χ1v) is 4.91.